The van der Waals surface area contributed by atoms with Crippen molar-refractivity contribution in [1.82, 2.24) is 10.6 Å². The Morgan fingerprint density at radius 3 is 1.57 bits per heavy atom. The third-order valence-electron chi connectivity index (χ3n) is 0.729. The van der Waals surface area contributed by atoms with E-state index in [1.165, 1.54) is 0 Å². The second-order valence-corrected chi connectivity index (χ2v) is 1.18. The van der Waals surface area contributed by atoms with E-state index in [0.29, 0.717) is 0 Å². The lowest BCUT2D eigenvalue weighted by molar-refractivity contribution is 0.807. The van der Waals surface area contributed by atoms with E-state index in [0.717, 1.165) is 19.8 Å². The number of nitrogens with one attached hydrogen (secondary N) is 2. The fourth-order valence-electron chi connectivity index (χ4n) is 0.442. The topological polar surface area (TPSA) is 76.1 Å². The minimum Gasteiger partial charge on any atom is -0.303 e. The molecule has 1 aliphatic heterocycles. The van der Waals surface area contributed by atoms with Crippen LogP contribution in [0, 0.1) is 0 Å². The van der Waals surface area contributed by atoms with Gasteiger partial charge in [0, 0.05) is 19.8 Å². The van der Waals surface area contributed by atoms with Crippen molar-refractivity contribution in [1.29, 1.82) is 0 Å². The van der Waals surface area contributed by atoms with Crippen LogP contribution in [-0.4, -0.2) is 19.8 Å². The maximum absolute atomic E-state index is 4.00. The van der Waals surface area contributed by atoms with Crippen LogP contribution in [0.4, 0.5) is 0 Å². The van der Waals surface area contributed by atoms with Gasteiger partial charge in [-0.3, -0.25) is 11.7 Å². The third-order valence-corrected chi connectivity index (χ3v) is 0.729. The molecule has 0 radical (unpaired) electrons. The first-order chi connectivity index (χ1) is 3.50. The summed E-state index contributed by atoms with van der Waals surface area (Å²) in [5.74, 6) is 8.00. The van der Waals surface area contributed by atoms with Crippen molar-refractivity contribution in [3.63, 3.8) is 0 Å². The average molecular weight is 104 g/mol. The van der Waals surface area contributed by atoms with Gasteiger partial charge in [0.05, 0.1) is 0 Å². The van der Waals surface area contributed by atoms with Gasteiger partial charge in [0.1, 0.15) is 0 Å². The standard InChI is InChI=1S/C3H8N2.H4N2/c1-2-5-3-4-1;1-2/h4-5H,1-3H2;1-2H2. The van der Waals surface area contributed by atoms with Crippen LogP contribution in [0.15, 0.2) is 0 Å². The third kappa shape index (κ3) is 3.68. The minimum absolute atomic E-state index is 1.00. The van der Waals surface area contributed by atoms with Crippen LogP contribution < -0.4 is 22.3 Å². The molecule has 0 atom stereocenters. The fraction of sp³-hybridized carbons (Fsp3) is 1.00. The van der Waals surface area contributed by atoms with Crippen molar-refractivity contribution < 1.29 is 0 Å². The molecular formula is C3H12N4. The van der Waals surface area contributed by atoms with Crippen molar-refractivity contribution in [2.75, 3.05) is 19.8 Å². The summed E-state index contributed by atoms with van der Waals surface area (Å²) in [6.45, 7) is 3.28. The highest BCUT2D eigenvalue weighted by atomic mass is 15.1. The van der Waals surface area contributed by atoms with E-state index < -0.39 is 0 Å². The highest BCUT2D eigenvalue weighted by molar-refractivity contribution is 4.55. The van der Waals surface area contributed by atoms with E-state index in [-0.39, 0.29) is 0 Å². The molecule has 4 heteroatoms. The van der Waals surface area contributed by atoms with Gasteiger partial charge in [0.15, 0.2) is 0 Å². The highest BCUT2D eigenvalue weighted by Gasteiger charge is 1.90. The number of nitrogens with two attached hydrogens (primary N) is 2. The summed E-state index contributed by atoms with van der Waals surface area (Å²) in [6.07, 6.45) is 0. The van der Waals surface area contributed by atoms with E-state index in [2.05, 4.69) is 22.3 Å². The number of hydrogen-bond acceptors (Lipinski definition) is 4. The molecule has 0 aromatic heterocycles. The monoisotopic (exact) mass is 104 g/mol. The van der Waals surface area contributed by atoms with Crippen LogP contribution in [0.1, 0.15) is 0 Å². The summed E-state index contributed by atoms with van der Waals surface area (Å²) in [5, 5.41) is 6.22. The smallest absolute Gasteiger partial charge is 0.0455 e. The average Bonchev–Trinajstić information content (AvgIpc) is 2.23. The van der Waals surface area contributed by atoms with Gasteiger partial charge >= 0.3 is 0 Å². The summed E-state index contributed by atoms with van der Waals surface area (Å²) < 4.78 is 0. The molecular weight excluding hydrogens is 92.1 g/mol. The van der Waals surface area contributed by atoms with Crippen LogP contribution in [0.5, 0.6) is 0 Å². The maximum atomic E-state index is 4.00. The van der Waals surface area contributed by atoms with Gasteiger partial charge in [-0.25, -0.2) is 0 Å². The van der Waals surface area contributed by atoms with Gasteiger partial charge in [-0.15, -0.1) is 0 Å². The SMILES string of the molecule is C1CNCN1.NN. The van der Waals surface area contributed by atoms with E-state index in [1.807, 2.05) is 0 Å². The number of hydrazine groups is 1. The fourth-order valence-corrected chi connectivity index (χ4v) is 0.442. The van der Waals surface area contributed by atoms with Gasteiger partial charge in [0.2, 0.25) is 0 Å². The highest BCUT2D eigenvalue weighted by Crippen LogP contribution is 1.62. The lowest BCUT2D eigenvalue weighted by atomic mass is 10.7. The number of hydrogen-bond donors (Lipinski definition) is 4. The first-order valence-electron chi connectivity index (χ1n) is 2.25. The Morgan fingerprint density at radius 2 is 1.43 bits per heavy atom. The summed E-state index contributed by atoms with van der Waals surface area (Å²) in [5.41, 5.74) is 0. The molecule has 0 unspecified atom stereocenters. The zero-order valence-corrected chi connectivity index (χ0v) is 4.28. The quantitative estimate of drug-likeness (QED) is 0.211. The molecule has 0 aromatic carbocycles. The molecule has 1 fully saturated rings. The van der Waals surface area contributed by atoms with Crippen molar-refractivity contribution >= 4 is 0 Å². The molecule has 44 valence electrons. The van der Waals surface area contributed by atoms with Gasteiger partial charge < -0.3 is 10.6 Å². The molecule has 1 aliphatic rings. The summed E-state index contributed by atoms with van der Waals surface area (Å²) >= 11 is 0. The first kappa shape index (κ1) is 6.84. The van der Waals surface area contributed by atoms with Gasteiger partial charge in [0.25, 0.3) is 0 Å². The predicted octanol–water partition coefficient (Wildman–Crippen LogP) is -2.04. The molecule has 0 saturated carbocycles. The molecule has 1 saturated heterocycles. The van der Waals surface area contributed by atoms with Gasteiger partial charge in [-0.2, -0.15) is 0 Å². The van der Waals surface area contributed by atoms with E-state index in [4.69, 9.17) is 0 Å². The zero-order chi connectivity index (χ0) is 5.54. The summed E-state index contributed by atoms with van der Waals surface area (Å²) in [4.78, 5) is 0. The largest absolute Gasteiger partial charge is 0.303 e. The molecule has 1 heterocycles. The first-order valence-corrected chi connectivity index (χ1v) is 2.25. The molecule has 6 N–H and O–H groups in total. The summed E-state index contributed by atoms with van der Waals surface area (Å²) in [6, 6.07) is 0. The Bertz CT molecular complexity index is 18.5. The Balaban J connectivity index is 0.000000162. The van der Waals surface area contributed by atoms with Crippen molar-refractivity contribution in [2.45, 2.75) is 0 Å². The normalized spacial score (nSPS) is 18.0. The van der Waals surface area contributed by atoms with Crippen LogP contribution in [0.3, 0.4) is 0 Å². The predicted molar refractivity (Wildman–Crippen MR) is 29.2 cm³/mol. The van der Waals surface area contributed by atoms with Gasteiger partial charge in [-0.1, -0.05) is 0 Å². The Morgan fingerprint density at radius 1 is 1.00 bits per heavy atom. The lowest BCUT2D eigenvalue weighted by Crippen LogP contribution is -2.11. The van der Waals surface area contributed by atoms with Crippen molar-refractivity contribution in [2.24, 2.45) is 11.7 Å². The number of rotatable bonds is 0. The summed E-state index contributed by atoms with van der Waals surface area (Å²) in [7, 11) is 0. The molecule has 0 aromatic rings. The minimum atomic E-state index is 1.00. The van der Waals surface area contributed by atoms with Crippen LogP contribution in [-0.2, 0) is 0 Å². The van der Waals surface area contributed by atoms with Gasteiger partial charge in [-0.05, 0) is 0 Å². The molecule has 0 spiro atoms. The Hall–Kier alpha value is -0.160. The molecule has 0 bridgehead atoms. The van der Waals surface area contributed by atoms with E-state index in [9.17, 15) is 0 Å². The van der Waals surface area contributed by atoms with E-state index in [1.54, 1.807) is 0 Å². The lowest BCUT2D eigenvalue weighted by Gasteiger charge is -1.77. The second-order valence-electron chi connectivity index (χ2n) is 1.18. The maximum Gasteiger partial charge on any atom is 0.0455 e. The van der Waals surface area contributed by atoms with Crippen LogP contribution >= 0.6 is 0 Å². The Kier molecular flexibility index (Phi) is 5.71. The van der Waals surface area contributed by atoms with Crippen molar-refractivity contribution in [3.8, 4) is 0 Å². The van der Waals surface area contributed by atoms with Crippen molar-refractivity contribution in [3.05, 3.63) is 0 Å². The molecule has 1 rings (SSSR count). The molecule has 0 aliphatic carbocycles. The molecule has 0 amide bonds. The second kappa shape index (κ2) is 5.84. The zero-order valence-electron chi connectivity index (χ0n) is 4.28. The van der Waals surface area contributed by atoms with Crippen LogP contribution in [0.25, 0.3) is 0 Å². The Labute approximate surface area is 43.2 Å². The molecule has 7 heavy (non-hydrogen) atoms. The van der Waals surface area contributed by atoms with Crippen LogP contribution in [0.2, 0.25) is 0 Å². The molecule has 4 nitrogen and oxygen atoms in total. The van der Waals surface area contributed by atoms with E-state index >= 15 is 0 Å².